The molecule has 5 nitrogen and oxygen atoms in total. The third-order valence-electron chi connectivity index (χ3n) is 3.72. The van der Waals surface area contributed by atoms with Gasteiger partial charge in [-0.15, -0.1) is 0 Å². The molecule has 1 fully saturated rings. The van der Waals surface area contributed by atoms with E-state index in [-0.39, 0.29) is 25.1 Å². The summed E-state index contributed by atoms with van der Waals surface area (Å²) in [6, 6.07) is 14.5. The van der Waals surface area contributed by atoms with Crippen molar-refractivity contribution < 1.29 is 23.5 Å². The van der Waals surface area contributed by atoms with Gasteiger partial charge in [0.25, 0.3) is 5.91 Å². The Hall–Kier alpha value is -2.89. The zero-order chi connectivity index (χ0) is 16.9. The van der Waals surface area contributed by atoms with Crippen molar-refractivity contribution in [3.63, 3.8) is 0 Å². The number of carbonyl (C=O) groups excluding carboxylic acids is 2. The lowest BCUT2D eigenvalue weighted by Gasteiger charge is -2.19. The van der Waals surface area contributed by atoms with Gasteiger partial charge in [-0.25, -0.2) is 14.1 Å². The Morgan fingerprint density at radius 1 is 1.17 bits per heavy atom. The van der Waals surface area contributed by atoms with Crippen LogP contribution in [0.2, 0.25) is 0 Å². The number of nitrogens with zero attached hydrogens (tertiary/aromatic N) is 1. The highest BCUT2D eigenvalue weighted by molar-refractivity contribution is 5.94. The number of benzene rings is 2. The van der Waals surface area contributed by atoms with Gasteiger partial charge in [0.05, 0.1) is 6.04 Å². The predicted octanol–water partition coefficient (Wildman–Crippen LogP) is 2.79. The molecule has 1 saturated heterocycles. The molecule has 0 aliphatic carbocycles. The van der Waals surface area contributed by atoms with Crippen molar-refractivity contribution in [2.24, 2.45) is 0 Å². The van der Waals surface area contributed by atoms with E-state index in [0.29, 0.717) is 12.2 Å². The number of rotatable bonds is 5. The summed E-state index contributed by atoms with van der Waals surface area (Å²) in [5, 5.41) is 0. The van der Waals surface area contributed by atoms with E-state index >= 15 is 0 Å². The number of hydrogen-bond acceptors (Lipinski definition) is 4. The van der Waals surface area contributed by atoms with Gasteiger partial charge in [0, 0.05) is 0 Å². The molecule has 124 valence electrons. The molecule has 1 atom stereocenters. The van der Waals surface area contributed by atoms with Crippen molar-refractivity contribution in [1.82, 2.24) is 4.90 Å². The molecule has 1 unspecified atom stereocenters. The van der Waals surface area contributed by atoms with E-state index in [1.54, 1.807) is 0 Å². The van der Waals surface area contributed by atoms with Crippen LogP contribution in [-0.2, 0) is 16.0 Å². The first-order valence-electron chi connectivity index (χ1n) is 7.54. The fraction of sp³-hybridized carbons (Fsp3) is 0.222. The molecule has 3 rings (SSSR count). The van der Waals surface area contributed by atoms with Gasteiger partial charge >= 0.3 is 6.09 Å². The highest BCUT2D eigenvalue weighted by atomic mass is 19.1. The van der Waals surface area contributed by atoms with E-state index < -0.39 is 12.0 Å². The van der Waals surface area contributed by atoms with Crippen molar-refractivity contribution in [3.8, 4) is 5.75 Å². The molecule has 24 heavy (non-hydrogen) atoms. The number of hydrogen-bond donors (Lipinski definition) is 0. The average Bonchev–Trinajstić information content (AvgIpc) is 2.95. The SMILES string of the molecule is O=C(COc1ccc(F)cc1)N1C(=O)OCC1Cc1ccccc1. The fourth-order valence-electron chi connectivity index (χ4n) is 2.55. The number of ether oxygens (including phenoxy) is 2. The topological polar surface area (TPSA) is 55.8 Å². The van der Waals surface area contributed by atoms with Gasteiger partial charge in [-0.1, -0.05) is 30.3 Å². The van der Waals surface area contributed by atoms with Crippen LogP contribution in [-0.4, -0.2) is 36.2 Å². The highest BCUT2D eigenvalue weighted by Crippen LogP contribution is 2.18. The Balaban J connectivity index is 1.62. The second-order valence-corrected chi connectivity index (χ2v) is 5.43. The summed E-state index contributed by atoms with van der Waals surface area (Å²) in [7, 11) is 0. The predicted molar refractivity (Wildman–Crippen MR) is 84.0 cm³/mol. The zero-order valence-electron chi connectivity index (χ0n) is 12.9. The maximum absolute atomic E-state index is 12.8. The first-order valence-corrected chi connectivity index (χ1v) is 7.54. The Morgan fingerprint density at radius 3 is 2.58 bits per heavy atom. The molecule has 0 spiro atoms. The number of amides is 2. The molecule has 0 aromatic heterocycles. The van der Waals surface area contributed by atoms with E-state index in [9.17, 15) is 14.0 Å². The van der Waals surface area contributed by atoms with E-state index in [1.807, 2.05) is 30.3 Å². The molecule has 0 saturated carbocycles. The molecule has 1 aliphatic heterocycles. The standard InChI is InChI=1S/C18H16FNO4/c19-14-6-8-16(9-7-14)23-12-17(21)20-15(11-24-18(20)22)10-13-4-2-1-3-5-13/h1-9,15H,10-12H2. The summed E-state index contributed by atoms with van der Waals surface area (Å²) < 4.78 is 23.2. The minimum absolute atomic E-state index is 0.163. The van der Waals surface area contributed by atoms with Crippen LogP contribution in [0, 0.1) is 5.82 Å². The summed E-state index contributed by atoms with van der Waals surface area (Å²) in [4.78, 5) is 25.3. The third-order valence-corrected chi connectivity index (χ3v) is 3.72. The smallest absolute Gasteiger partial charge is 0.417 e. The minimum atomic E-state index is -0.663. The van der Waals surface area contributed by atoms with Gasteiger partial charge in [-0.2, -0.15) is 0 Å². The number of imide groups is 1. The minimum Gasteiger partial charge on any atom is -0.484 e. The monoisotopic (exact) mass is 329 g/mol. The number of cyclic esters (lactones) is 1. The maximum atomic E-state index is 12.8. The summed E-state index contributed by atoms with van der Waals surface area (Å²) >= 11 is 0. The molecule has 2 amide bonds. The Labute approximate surface area is 138 Å². The maximum Gasteiger partial charge on any atom is 0.417 e. The number of halogens is 1. The molecular formula is C18H16FNO4. The normalized spacial score (nSPS) is 16.8. The van der Waals surface area contributed by atoms with Crippen molar-refractivity contribution >= 4 is 12.0 Å². The quantitative estimate of drug-likeness (QED) is 0.846. The first kappa shape index (κ1) is 16.0. The van der Waals surface area contributed by atoms with Gasteiger partial charge in [-0.3, -0.25) is 4.79 Å². The van der Waals surface area contributed by atoms with Gasteiger partial charge in [0.15, 0.2) is 6.61 Å². The summed E-state index contributed by atoms with van der Waals surface area (Å²) in [6.45, 7) is -0.151. The molecule has 0 N–H and O–H groups in total. The van der Waals surface area contributed by atoms with Gasteiger partial charge in [-0.05, 0) is 36.2 Å². The molecule has 1 aliphatic rings. The van der Waals surface area contributed by atoms with Gasteiger partial charge in [0.2, 0.25) is 0 Å². The lowest BCUT2D eigenvalue weighted by atomic mass is 10.1. The van der Waals surface area contributed by atoms with Crippen LogP contribution in [0.15, 0.2) is 54.6 Å². The lowest BCUT2D eigenvalue weighted by Crippen LogP contribution is -2.42. The van der Waals surface area contributed by atoms with Crippen LogP contribution in [0.4, 0.5) is 9.18 Å². The second-order valence-electron chi connectivity index (χ2n) is 5.43. The molecule has 2 aromatic carbocycles. The molecule has 0 bridgehead atoms. The Kier molecular flexibility index (Phi) is 4.74. The van der Waals surface area contributed by atoms with Crippen LogP contribution in [0.3, 0.4) is 0 Å². The van der Waals surface area contributed by atoms with Crippen molar-refractivity contribution in [2.45, 2.75) is 12.5 Å². The highest BCUT2D eigenvalue weighted by Gasteiger charge is 2.37. The van der Waals surface area contributed by atoms with E-state index in [4.69, 9.17) is 9.47 Å². The first-order chi connectivity index (χ1) is 11.6. The zero-order valence-corrected chi connectivity index (χ0v) is 12.9. The van der Waals surface area contributed by atoms with Gasteiger partial charge < -0.3 is 9.47 Å². The summed E-state index contributed by atoms with van der Waals surface area (Å²) in [5.74, 6) is -0.514. The van der Waals surface area contributed by atoms with Crippen molar-refractivity contribution in [2.75, 3.05) is 13.2 Å². The third kappa shape index (κ3) is 3.71. The van der Waals surface area contributed by atoms with E-state index in [0.717, 1.165) is 10.5 Å². The number of carbonyl (C=O) groups is 2. The van der Waals surface area contributed by atoms with Crippen LogP contribution in [0.25, 0.3) is 0 Å². The van der Waals surface area contributed by atoms with E-state index in [2.05, 4.69) is 0 Å². The molecule has 2 aromatic rings. The van der Waals surface area contributed by atoms with Gasteiger partial charge in [0.1, 0.15) is 18.2 Å². The van der Waals surface area contributed by atoms with Crippen molar-refractivity contribution in [1.29, 1.82) is 0 Å². The van der Waals surface area contributed by atoms with Crippen LogP contribution >= 0.6 is 0 Å². The Morgan fingerprint density at radius 2 is 1.88 bits per heavy atom. The largest absolute Gasteiger partial charge is 0.484 e. The Bertz CT molecular complexity index is 718. The van der Waals surface area contributed by atoms with E-state index in [1.165, 1.54) is 24.3 Å². The molecular weight excluding hydrogens is 313 g/mol. The lowest BCUT2D eigenvalue weighted by molar-refractivity contribution is -0.131. The molecule has 6 heteroatoms. The summed E-state index contributed by atoms with van der Waals surface area (Å²) in [5.41, 5.74) is 1.01. The molecule has 1 heterocycles. The fourth-order valence-corrected chi connectivity index (χ4v) is 2.55. The van der Waals surface area contributed by atoms with Crippen LogP contribution < -0.4 is 4.74 Å². The van der Waals surface area contributed by atoms with Crippen LogP contribution in [0.1, 0.15) is 5.56 Å². The van der Waals surface area contributed by atoms with Crippen LogP contribution in [0.5, 0.6) is 5.75 Å². The second kappa shape index (κ2) is 7.12. The average molecular weight is 329 g/mol. The molecule has 0 radical (unpaired) electrons. The summed E-state index contributed by atoms with van der Waals surface area (Å²) in [6.07, 6.45) is -0.141. The van der Waals surface area contributed by atoms with Crippen molar-refractivity contribution in [3.05, 3.63) is 66.0 Å².